The van der Waals surface area contributed by atoms with Gasteiger partial charge in [-0.05, 0) is 13.0 Å². The lowest BCUT2D eigenvalue weighted by molar-refractivity contribution is 0.588. The van der Waals surface area contributed by atoms with Crippen LogP contribution in [-0.2, 0) is 6.54 Å². The highest BCUT2D eigenvalue weighted by molar-refractivity contribution is 6.30. The lowest BCUT2D eigenvalue weighted by Crippen LogP contribution is -2.07. The van der Waals surface area contributed by atoms with Crippen molar-refractivity contribution in [2.24, 2.45) is 0 Å². The molecule has 1 heterocycles. The van der Waals surface area contributed by atoms with Crippen LogP contribution in [0, 0.1) is 12.7 Å². The third kappa shape index (κ3) is 1.88. The summed E-state index contributed by atoms with van der Waals surface area (Å²) in [6, 6.07) is 4.88. The molecule has 5 heteroatoms. The molecule has 0 amide bonds. The molecular formula is C11H11ClFN3. The monoisotopic (exact) mass is 239 g/mol. The molecule has 0 fully saturated rings. The van der Waals surface area contributed by atoms with Gasteiger partial charge < -0.3 is 5.73 Å². The molecule has 0 radical (unpaired) electrons. The van der Waals surface area contributed by atoms with E-state index in [-0.39, 0.29) is 11.6 Å². The Morgan fingerprint density at radius 3 is 2.88 bits per heavy atom. The zero-order chi connectivity index (χ0) is 11.7. The van der Waals surface area contributed by atoms with Gasteiger partial charge in [0.25, 0.3) is 0 Å². The number of rotatable bonds is 2. The Bertz CT molecular complexity index is 522. The molecule has 3 nitrogen and oxygen atoms in total. The Morgan fingerprint density at radius 1 is 1.50 bits per heavy atom. The van der Waals surface area contributed by atoms with Crippen molar-refractivity contribution in [3.63, 3.8) is 0 Å². The summed E-state index contributed by atoms with van der Waals surface area (Å²) in [4.78, 5) is 0. The number of hydrogen-bond donors (Lipinski definition) is 1. The van der Waals surface area contributed by atoms with Gasteiger partial charge in [-0.15, -0.1) is 0 Å². The number of halogens is 2. The van der Waals surface area contributed by atoms with Crippen LogP contribution in [0.4, 0.5) is 10.2 Å². The second-order valence-corrected chi connectivity index (χ2v) is 3.99. The molecule has 2 aromatic rings. The van der Waals surface area contributed by atoms with Crippen molar-refractivity contribution < 1.29 is 4.39 Å². The molecule has 2 rings (SSSR count). The summed E-state index contributed by atoms with van der Waals surface area (Å²) in [6.45, 7) is 2.14. The molecule has 84 valence electrons. The number of nitrogens with zero attached hydrogens (tertiary/aromatic N) is 2. The van der Waals surface area contributed by atoms with E-state index in [1.54, 1.807) is 23.0 Å². The standard InChI is InChI=1S/C11H11ClFN3/c1-7-5-15-16(11(7)14)6-8-3-2-4-9(12)10(8)13/h2-5H,6,14H2,1H3. The van der Waals surface area contributed by atoms with Gasteiger partial charge in [-0.3, -0.25) is 0 Å². The maximum absolute atomic E-state index is 13.6. The summed E-state index contributed by atoms with van der Waals surface area (Å²) in [6.07, 6.45) is 1.65. The van der Waals surface area contributed by atoms with Gasteiger partial charge in [-0.25, -0.2) is 9.07 Å². The summed E-state index contributed by atoms with van der Waals surface area (Å²) in [5.74, 6) is 0.121. The largest absolute Gasteiger partial charge is 0.384 e. The van der Waals surface area contributed by atoms with Crippen molar-refractivity contribution in [3.05, 3.63) is 46.4 Å². The number of benzene rings is 1. The van der Waals surface area contributed by atoms with Crippen molar-refractivity contribution in [2.75, 3.05) is 5.73 Å². The van der Waals surface area contributed by atoms with Crippen molar-refractivity contribution in [1.29, 1.82) is 0 Å². The number of aryl methyl sites for hydroxylation is 1. The lowest BCUT2D eigenvalue weighted by atomic mass is 10.2. The predicted octanol–water partition coefficient (Wildman–Crippen LogP) is 2.61. The van der Waals surface area contributed by atoms with Gasteiger partial charge in [0.05, 0.1) is 17.8 Å². The number of anilines is 1. The molecule has 1 aromatic carbocycles. The van der Waals surface area contributed by atoms with Gasteiger partial charge in [-0.1, -0.05) is 23.7 Å². The second-order valence-electron chi connectivity index (χ2n) is 3.58. The topological polar surface area (TPSA) is 43.8 Å². The Labute approximate surface area is 97.6 Å². The molecule has 0 saturated carbocycles. The zero-order valence-corrected chi connectivity index (χ0v) is 9.50. The predicted molar refractivity (Wildman–Crippen MR) is 61.9 cm³/mol. The Balaban J connectivity index is 2.34. The number of nitrogen functional groups attached to an aromatic ring is 1. The average molecular weight is 240 g/mol. The highest BCUT2D eigenvalue weighted by Gasteiger charge is 2.09. The van der Waals surface area contributed by atoms with Crippen LogP contribution >= 0.6 is 11.6 Å². The number of hydrogen-bond acceptors (Lipinski definition) is 2. The molecule has 2 N–H and O–H groups in total. The normalized spacial score (nSPS) is 10.7. The first-order valence-electron chi connectivity index (χ1n) is 4.80. The van der Waals surface area contributed by atoms with E-state index in [1.165, 1.54) is 6.07 Å². The van der Waals surface area contributed by atoms with Gasteiger partial charge in [-0.2, -0.15) is 5.10 Å². The molecule has 0 aliphatic carbocycles. The van der Waals surface area contributed by atoms with Crippen molar-refractivity contribution in [1.82, 2.24) is 9.78 Å². The fourth-order valence-electron chi connectivity index (χ4n) is 1.45. The Hall–Kier alpha value is -1.55. The smallest absolute Gasteiger partial charge is 0.146 e. The molecule has 0 atom stereocenters. The maximum Gasteiger partial charge on any atom is 0.146 e. The Morgan fingerprint density at radius 2 is 2.25 bits per heavy atom. The minimum atomic E-state index is -0.420. The van der Waals surface area contributed by atoms with Gasteiger partial charge >= 0.3 is 0 Å². The van der Waals surface area contributed by atoms with Crippen LogP contribution in [0.2, 0.25) is 5.02 Å². The average Bonchev–Trinajstić information content (AvgIpc) is 2.57. The summed E-state index contributed by atoms with van der Waals surface area (Å²) in [5, 5.41) is 4.17. The van der Waals surface area contributed by atoms with Crippen LogP contribution in [0.3, 0.4) is 0 Å². The fraction of sp³-hybridized carbons (Fsp3) is 0.182. The van der Waals surface area contributed by atoms with Crippen molar-refractivity contribution in [2.45, 2.75) is 13.5 Å². The minimum absolute atomic E-state index is 0.111. The first-order valence-corrected chi connectivity index (χ1v) is 5.18. The summed E-state index contributed by atoms with van der Waals surface area (Å²) in [7, 11) is 0. The number of nitrogens with two attached hydrogens (primary N) is 1. The molecule has 16 heavy (non-hydrogen) atoms. The van der Waals surface area contributed by atoms with E-state index in [0.29, 0.717) is 11.4 Å². The van der Waals surface area contributed by atoms with Gasteiger partial charge in [0.2, 0.25) is 0 Å². The van der Waals surface area contributed by atoms with Crippen LogP contribution in [0.1, 0.15) is 11.1 Å². The first-order chi connectivity index (χ1) is 7.59. The molecule has 0 bridgehead atoms. The van der Waals surface area contributed by atoms with Crippen LogP contribution < -0.4 is 5.73 Å². The van der Waals surface area contributed by atoms with E-state index in [4.69, 9.17) is 17.3 Å². The maximum atomic E-state index is 13.6. The molecule has 0 spiro atoms. The van der Waals surface area contributed by atoms with E-state index in [2.05, 4.69) is 5.10 Å². The highest BCUT2D eigenvalue weighted by Crippen LogP contribution is 2.20. The molecule has 0 aliphatic rings. The number of aromatic nitrogens is 2. The van der Waals surface area contributed by atoms with E-state index in [0.717, 1.165) is 5.56 Å². The van der Waals surface area contributed by atoms with E-state index >= 15 is 0 Å². The van der Waals surface area contributed by atoms with E-state index in [1.807, 2.05) is 6.92 Å². The van der Waals surface area contributed by atoms with Crippen LogP contribution in [-0.4, -0.2) is 9.78 Å². The fourth-order valence-corrected chi connectivity index (χ4v) is 1.64. The van der Waals surface area contributed by atoms with Crippen LogP contribution in [0.25, 0.3) is 0 Å². The summed E-state index contributed by atoms with van der Waals surface area (Å²) in [5.41, 5.74) is 7.14. The molecule has 0 saturated heterocycles. The van der Waals surface area contributed by atoms with Crippen LogP contribution in [0.15, 0.2) is 24.4 Å². The van der Waals surface area contributed by atoms with E-state index < -0.39 is 5.82 Å². The third-order valence-corrected chi connectivity index (χ3v) is 2.72. The minimum Gasteiger partial charge on any atom is -0.384 e. The molecule has 1 aromatic heterocycles. The summed E-state index contributed by atoms with van der Waals surface area (Å²) >= 11 is 5.69. The lowest BCUT2D eigenvalue weighted by Gasteiger charge is -2.06. The molecular weight excluding hydrogens is 229 g/mol. The Kier molecular flexibility index (Phi) is 2.83. The highest BCUT2D eigenvalue weighted by atomic mass is 35.5. The molecule has 0 unspecified atom stereocenters. The van der Waals surface area contributed by atoms with Crippen LogP contribution in [0.5, 0.6) is 0 Å². The first kappa shape index (κ1) is 11.0. The van der Waals surface area contributed by atoms with Gasteiger partial charge in [0.15, 0.2) is 0 Å². The van der Waals surface area contributed by atoms with Gasteiger partial charge in [0, 0.05) is 11.1 Å². The zero-order valence-electron chi connectivity index (χ0n) is 8.74. The van der Waals surface area contributed by atoms with Crippen molar-refractivity contribution in [3.8, 4) is 0 Å². The molecule has 0 aliphatic heterocycles. The second kappa shape index (κ2) is 4.14. The van der Waals surface area contributed by atoms with Crippen molar-refractivity contribution >= 4 is 17.4 Å². The summed E-state index contributed by atoms with van der Waals surface area (Å²) < 4.78 is 15.2. The quantitative estimate of drug-likeness (QED) is 0.876. The SMILES string of the molecule is Cc1cnn(Cc2cccc(Cl)c2F)c1N. The van der Waals surface area contributed by atoms with E-state index in [9.17, 15) is 4.39 Å². The van der Waals surface area contributed by atoms with Gasteiger partial charge in [0.1, 0.15) is 11.6 Å². The third-order valence-electron chi connectivity index (χ3n) is 2.42.